The Labute approximate surface area is 221 Å². The van der Waals surface area contributed by atoms with Gasteiger partial charge in [0.25, 0.3) is 10.1 Å². The molecule has 206 valence electrons. The lowest BCUT2D eigenvalue weighted by molar-refractivity contribution is -0.126. The van der Waals surface area contributed by atoms with E-state index in [-0.39, 0.29) is 31.3 Å². The summed E-state index contributed by atoms with van der Waals surface area (Å²) in [6, 6.07) is 4.28. The van der Waals surface area contributed by atoms with Crippen molar-refractivity contribution >= 4 is 39.6 Å². The van der Waals surface area contributed by atoms with Crippen molar-refractivity contribution in [3.63, 3.8) is 0 Å². The molecule has 3 rings (SSSR count). The van der Waals surface area contributed by atoms with Gasteiger partial charge < -0.3 is 25.8 Å². The molecule has 1 saturated heterocycles. The number of halogens is 1. The van der Waals surface area contributed by atoms with Crippen LogP contribution in [0.5, 0.6) is 0 Å². The summed E-state index contributed by atoms with van der Waals surface area (Å²) in [5, 5.41) is 18.3. The molecule has 2 fully saturated rings. The summed E-state index contributed by atoms with van der Waals surface area (Å²) in [6.07, 6.45) is 4.44. The molecule has 0 aromatic heterocycles. The van der Waals surface area contributed by atoms with Gasteiger partial charge in [0.1, 0.15) is 12.6 Å². The lowest BCUT2D eigenvalue weighted by Crippen LogP contribution is -2.55. The van der Waals surface area contributed by atoms with E-state index >= 15 is 0 Å². The van der Waals surface area contributed by atoms with Crippen LogP contribution < -0.4 is 16.0 Å². The maximum atomic E-state index is 13.3. The van der Waals surface area contributed by atoms with Gasteiger partial charge in [-0.3, -0.25) is 14.1 Å². The molecule has 3 amide bonds. The molecule has 2 aliphatic rings. The first-order chi connectivity index (χ1) is 17.5. The van der Waals surface area contributed by atoms with Crippen LogP contribution in [0.25, 0.3) is 0 Å². The van der Waals surface area contributed by atoms with Crippen molar-refractivity contribution in [1.29, 1.82) is 0 Å². The van der Waals surface area contributed by atoms with Gasteiger partial charge in [0, 0.05) is 23.0 Å². The van der Waals surface area contributed by atoms with E-state index in [0.717, 1.165) is 32.1 Å². The minimum Gasteiger partial charge on any atom is -0.445 e. The van der Waals surface area contributed by atoms with Gasteiger partial charge in [-0.05, 0) is 31.2 Å². The Morgan fingerprint density at radius 1 is 1.11 bits per heavy atom. The first kappa shape index (κ1) is 29.2. The zero-order valence-corrected chi connectivity index (χ0v) is 22.0. The van der Waals surface area contributed by atoms with Crippen molar-refractivity contribution in [3.8, 4) is 0 Å². The SMILES string of the molecule is O=C(NC(CC1CCCCC1)C(=O)NC(C[C@@H]1CCNC1=O)C(O)S(=O)(=O)O)OCc1ccccc1Cl. The quantitative estimate of drug-likeness (QED) is 0.256. The van der Waals surface area contributed by atoms with E-state index < -0.39 is 45.6 Å². The summed E-state index contributed by atoms with van der Waals surface area (Å²) >= 11 is 6.10. The van der Waals surface area contributed by atoms with Crippen LogP contribution in [0.15, 0.2) is 24.3 Å². The molecule has 11 nitrogen and oxygen atoms in total. The third-order valence-corrected chi connectivity index (χ3v) is 8.20. The number of hydrogen-bond donors (Lipinski definition) is 5. The molecule has 1 aliphatic carbocycles. The number of carbonyl (C=O) groups excluding carboxylic acids is 3. The number of alkyl carbamates (subject to hydrolysis) is 1. The van der Waals surface area contributed by atoms with E-state index in [4.69, 9.17) is 16.3 Å². The van der Waals surface area contributed by atoms with Crippen LogP contribution in [0.3, 0.4) is 0 Å². The molecule has 3 unspecified atom stereocenters. The molecule has 1 aliphatic heterocycles. The van der Waals surface area contributed by atoms with Gasteiger partial charge in [-0.2, -0.15) is 8.42 Å². The first-order valence-electron chi connectivity index (χ1n) is 12.4. The summed E-state index contributed by atoms with van der Waals surface area (Å²) < 4.78 is 38.0. The Balaban J connectivity index is 1.71. The third-order valence-electron chi connectivity index (χ3n) is 6.90. The van der Waals surface area contributed by atoms with Crippen molar-refractivity contribution in [1.82, 2.24) is 16.0 Å². The lowest BCUT2D eigenvalue weighted by Gasteiger charge is -2.29. The molecule has 0 spiro atoms. The number of benzene rings is 1. The summed E-state index contributed by atoms with van der Waals surface area (Å²) in [5.41, 5.74) is -1.76. The highest BCUT2D eigenvalue weighted by atomic mass is 35.5. The summed E-state index contributed by atoms with van der Waals surface area (Å²) in [7, 11) is -4.94. The second-order valence-electron chi connectivity index (χ2n) is 9.64. The predicted molar refractivity (Wildman–Crippen MR) is 135 cm³/mol. The van der Waals surface area contributed by atoms with E-state index in [1.165, 1.54) is 0 Å². The maximum absolute atomic E-state index is 13.3. The van der Waals surface area contributed by atoms with Crippen LogP contribution in [0.4, 0.5) is 4.79 Å². The number of amides is 3. The zero-order valence-electron chi connectivity index (χ0n) is 20.4. The van der Waals surface area contributed by atoms with E-state index in [1.807, 2.05) is 0 Å². The van der Waals surface area contributed by atoms with E-state index in [1.54, 1.807) is 24.3 Å². The topological polar surface area (TPSA) is 171 Å². The average Bonchev–Trinajstić information content (AvgIpc) is 3.26. The van der Waals surface area contributed by atoms with Gasteiger partial charge in [-0.15, -0.1) is 0 Å². The monoisotopic (exact) mass is 559 g/mol. The van der Waals surface area contributed by atoms with Crippen LogP contribution in [0.1, 0.15) is 56.9 Å². The van der Waals surface area contributed by atoms with Crippen LogP contribution in [-0.2, 0) is 31.1 Å². The second-order valence-corrected chi connectivity index (χ2v) is 11.6. The minimum atomic E-state index is -4.94. The summed E-state index contributed by atoms with van der Waals surface area (Å²) in [5.74, 6) is -1.57. The van der Waals surface area contributed by atoms with E-state index in [9.17, 15) is 32.5 Å². The van der Waals surface area contributed by atoms with Gasteiger partial charge in [0.05, 0.1) is 6.04 Å². The Morgan fingerprint density at radius 3 is 2.43 bits per heavy atom. The highest BCUT2D eigenvalue weighted by Gasteiger charge is 2.38. The molecule has 37 heavy (non-hydrogen) atoms. The normalized spacial score (nSPS) is 20.9. The van der Waals surface area contributed by atoms with Crippen molar-refractivity contribution in [2.24, 2.45) is 11.8 Å². The zero-order chi connectivity index (χ0) is 27.0. The maximum Gasteiger partial charge on any atom is 0.408 e. The van der Waals surface area contributed by atoms with Crippen molar-refractivity contribution < 1.29 is 37.2 Å². The molecule has 13 heteroatoms. The number of hydrogen-bond acceptors (Lipinski definition) is 7. The van der Waals surface area contributed by atoms with Crippen LogP contribution in [0, 0.1) is 11.8 Å². The Kier molecular flexibility index (Phi) is 10.6. The van der Waals surface area contributed by atoms with Gasteiger partial charge in [0.2, 0.25) is 17.3 Å². The van der Waals surface area contributed by atoms with E-state index in [2.05, 4.69) is 16.0 Å². The molecule has 4 atom stereocenters. The molecule has 0 bridgehead atoms. The fourth-order valence-electron chi connectivity index (χ4n) is 4.84. The molecule has 1 heterocycles. The number of ether oxygens (including phenoxy) is 1. The molecule has 5 N–H and O–H groups in total. The van der Waals surface area contributed by atoms with Crippen LogP contribution in [0.2, 0.25) is 5.02 Å². The average molecular weight is 560 g/mol. The van der Waals surface area contributed by atoms with Crippen LogP contribution in [-0.4, -0.2) is 60.0 Å². The minimum absolute atomic E-state index is 0.121. The number of nitrogens with one attached hydrogen (secondary N) is 3. The highest BCUT2D eigenvalue weighted by molar-refractivity contribution is 7.86. The van der Waals surface area contributed by atoms with Crippen molar-refractivity contribution in [2.45, 2.75) is 75.5 Å². The van der Waals surface area contributed by atoms with Crippen molar-refractivity contribution in [3.05, 3.63) is 34.9 Å². The van der Waals surface area contributed by atoms with Gasteiger partial charge in [-0.25, -0.2) is 4.79 Å². The number of rotatable bonds is 11. The third kappa shape index (κ3) is 8.84. The lowest BCUT2D eigenvalue weighted by atomic mass is 9.84. The largest absolute Gasteiger partial charge is 0.445 e. The van der Waals surface area contributed by atoms with Crippen LogP contribution >= 0.6 is 11.6 Å². The number of aliphatic hydroxyl groups excluding tert-OH is 1. The van der Waals surface area contributed by atoms with Crippen molar-refractivity contribution in [2.75, 3.05) is 6.54 Å². The predicted octanol–water partition coefficient (Wildman–Crippen LogP) is 2.12. The Bertz CT molecular complexity index is 1060. The number of carbonyl (C=O) groups is 3. The summed E-state index contributed by atoms with van der Waals surface area (Å²) in [6.45, 7) is 0.263. The fraction of sp³-hybridized carbons (Fsp3) is 0.625. The molecular formula is C24H34ClN3O8S. The molecular weight excluding hydrogens is 526 g/mol. The fourth-order valence-corrected chi connectivity index (χ4v) is 5.63. The molecule has 0 radical (unpaired) electrons. The molecule has 1 aromatic carbocycles. The first-order valence-corrected chi connectivity index (χ1v) is 14.3. The Morgan fingerprint density at radius 2 is 1.81 bits per heavy atom. The van der Waals surface area contributed by atoms with Gasteiger partial charge >= 0.3 is 6.09 Å². The second kappa shape index (κ2) is 13.4. The summed E-state index contributed by atoms with van der Waals surface area (Å²) in [4.78, 5) is 37.9. The van der Waals surface area contributed by atoms with Gasteiger partial charge in [0.15, 0.2) is 0 Å². The highest BCUT2D eigenvalue weighted by Crippen LogP contribution is 2.28. The number of aliphatic hydroxyl groups is 1. The smallest absolute Gasteiger partial charge is 0.408 e. The van der Waals surface area contributed by atoms with E-state index in [0.29, 0.717) is 23.6 Å². The standard InChI is InChI=1S/C24H34ClN3O8S/c25-18-9-5-4-8-17(18)14-36-24(32)28-19(12-15-6-2-1-3-7-15)22(30)27-20(23(31)37(33,34)35)13-16-10-11-26-21(16)29/h4-5,8-9,15-16,19-20,23,31H,1-3,6-7,10-14H2,(H,26,29)(H,27,30)(H,28,32)(H,33,34,35)/t16-,19?,20?,23?/m0/s1. The Hall–Kier alpha value is -2.41. The molecule has 1 saturated carbocycles. The molecule has 1 aromatic rings. The van der Waals surface area contributed by atoms with Gasteiger partial charge in [-0.1, -0.05) is 61.9 Å².